The van der Waals surface area contributed by atoms with Crippen molar-refractivity contribution in [3.8, 4) is 23.1 Å². The van der Waals surface area contributed by atoms with Crippen LogP contribution in [0, 0.1) is 0 Å². The number of aliphatic hydroxyl groups is 1. The maximum absolute atomic E-state index is 9.68. The van der Waals surface area contributed by atoms with Gasteiger partial charge in [-0.3, -0.25) is 0 Å². The van der Waals surface area contributed by atoms with Crippen molar-refractivity contribution in [3.63, 3.8) is 0 Å². The molecule has 0 radical (unpaired) electrons. The van der Waals surface area contributed by atoms with E-state index in [1.54, 1.807) is 39.3 Å². The Bertz CT molecular complexity index is 709. The molecule has 1 atom stereocenters. The molecule has 0 amide bonds. The SMILES string of the molecule is COC1COc2c(Oc3ccc(OCCC(C)(C)O)nc3)cccc21. The van der Waals surface area contributed by atoms with Crippen LogP contribution in [-0.4, -0.2) is 36.0 Å². The summed E-state index contributed by atoms with van der Waals surface area (Å²) < 4.78 is 22.5. The van der Waals surface area contributed by atoms with Gasteiger partial charge in [0.05, 0.1) is 18.4 Å². The van der Waals surface area contributed by atoms with E-state index in [1.807, 2.05) is 18.2 Å². The number of methoxy groups -OCH3 is 1. The maximum Gasteiger partial charge on any atom is 0.213 e. The first-order valence-electron chi connectivity index (χ1n) is 8.24. The summed E-state index contributed by atoms with van der Waals surface area (Å²) >= 11 is 0. The summed E-state index contributed by atoms with van der Waals surface area (Å²) in [5, 5.41) is 9.68. The molecule has 0 saturated heterocycles. The Kier molecular flexibility index (Phi) is 5.11. The highest BCUT2D eigenvalue weighted by Gasteiger charge is 2.27. The van der Waals surface area contributed by atoms with Gasteiger partial charge >= 0.3 is 0 Å². The molecule has 3 rings (SSSR count). The number of benzene rings is 1. The Morgan fingerprint density at radius 3 is 2.80 bits per heavy atom. The minimum atomic E-state index is -0.753. The van der Waals surface area contributed by atoms with Gasteiger partial charge < -0.3 is 24.1 Å². The van der Waals surface area contributed by atoms with Crippen molar-refractivity contribution in [2.45, 2.75) is 32.0 Å². The predicted octanol–water partition coefficient (Wildman–Crippen LogP) is 3.49. The van der Waals surface area contributed by atoms with Crippen LogP contribution in [0.15, 0.2) is 36.5 Å². The topological polar surface area (TPSA) is 70.0 Å². The van der Waals surface area contributed by atoms with Crippen molar-refractivity contribution in [1.29, 1.82) is 0 Å². The number of ether oxygens (including phenoxy) is 4. The molecule has 2 heterocycles. The lowest BCUT2D eigenvalue weighted by molar-refractivity contribution is 0.0547. The van der Waals surface area contributed by atoms with E-state index in [2.05, 4.69) is 4.98 Å². The predicted molar refractivity (Wildman–Crippen MR) is 92.4 cm³/mol. The number of hydrogen-bond donors (Lipinski definition) is 1. The van der Waals surface area contributed by atoms with Gasteiger partial charge in [-0.1, -0.05) is 12.1 Å². The Hall–Kier alpha value is -2.31. The summed E-state index contributed by atoms with van der Waals surface area (Å²) in [6, 6.07) is 9.26. The largest absolute Gasteiger partial charge is 0.486 e. The van der Waals surface area contributed by atoms with E-state index in [1.165, 1.54) is 0 Å². The molecule has 0 aliphatic carbocycles. The fourth-order valence-corrected chi connectivity index (χ4v) is 2.51. The molecule has 134 valence electrons. The first-order chi connectivity index (χ1) is 12.0. The molecule has 25 heavy (non-hydrogen) atoms. The lowest BCUT2D eigenvalue weighted by Crippen LogP contribution is -2.21. The molecule has 6 heteroatoms. The van der Waals surface area contributed by atoms with Crippen molar-refractivity contribution >= 4 is 0 Å². The average molecular weight is 345 g/mol. The number of nitrogens with zero attached hydrogens (tertiary/aromatic N) is 1. The third-order valence-electron chi connectivity index (χ3n) is 3.92. The highest BCUT2D eigenvalue weighted by Crippen LogP contribution is 2.42. The van der Waals surface area contributed by atoms with Gasteiger partial charge in [0.2, 0.25) is 5.88 Å². The van der Waals surface area contributed by atoms with Crippen LogP contribution >= 0.6 is 0 Å². The van der Waals surface area contributed by atoms with Crippen LogP contribution in [0.2, 0.25) is 0 Å². The summed E-state index contributed by atoms with van der Waals surface area (Å²) in [5.74, 6) is 2.42. The van der Waals surface area contributed by atoms with E-state index in [4.69, 9.17) is 18.9 Å². The van der Waals surface area contributed by atoms with Crippen molar-refractivity contribution < 1.29 is 24.1 Å². The summed E-state index contributed by atoms with van der Waals surface area (Å²) in [7, 11) is 1.66. The standard InChI is InChI=1S/C19H23NO5/c1-19(2,21)9-10-23-17-8-7-13(11-20-17)25-15-6-4-5-14-16(22-3)12-24-18(14)15/h4-8,11,16,21H,9-10,12H2,1-3H3. The highest BCUT2D eigenvalue weighted by atomic mass is 16.6. The molecule has 2 aromatic rings. The second kappa shape index (κ2) is 7.29. The van der Waals surface area contributed by atoms with Crippen LogP contribution in [0.4, 0.5) is 0 Å². The Labute approximate surface area is 147 Å². The normalized spacial score (nSPS) is 16.2. The molecule has 1 unspecified atom stereocenters. The lowest BCUT2D eigenvalue weighted by atomic mass is 10.1. The zero-order chi connectivity index (χ0) is 17.9. The van der Waals surface area contributed by atoms with Gasteiger partial charge in [0.1, 0.15) is 18.5 Å². The minimum Gasteiger partial charge on any atom is -0.486 e. The summed E-state index contributed by atoms with van der Waals surface area (Å²) in [5.41, 5.74) is 0.233. The molecular formula is C19H23NO5. The second-order valence-electron chi connectivity index (χ2n) is 6.55. The minimum absolute atomic E-state index is 0.0665. The molecular weight excluding hydrogens is 322 g/mol. The van der Waals surface area contributed by atoms with Gasteiger partial charge in [-0.05, 0) is 26.0 Å². The third-order valence-corrected chi connectivity index (χ3v) is 3.92. The van der Waals surface area contributed by atoms with Crippen LogP contribution in [-0.2, 0) is 4.74 Å². The summed E-state index contributed by atoms with van der Waals surface area (Å²) in [6.07, 6.45) is 2.06. The highest BCUT2D eigenvalue weighted by molar-refractivity contribution is 5.51. The quantitative estimate of drug-likeness (QED) is 0.828. The fourth-order valence-electron chi connectivity index (χ4n) is 2.51. The first-order valence-corrected chi connectivity index (χ1v) is 8.24. The molecule has 0 fully saturated rings. The number of pyridine rings is 1. The van der Waals surface area contributed by atoms with Gasteiger partial charge in [-0.2, -0.15) is 0 Å². The number of aromatic nitrogens is 1. The van der Waals surface area contributed by atoms with Gasteiger partial charge in [-0.15, -0.1) is 0 Å². The molecule has 1 aliphatic rings. The monoisotopic (exact) mass is 345 g/mol. The number of hydrogen-bond acceptors (Lipinski definition) is 6. The van der Waals surface area contributed by atoms with Crippen LogP contribution < -0.4 is 14.2 Å². The summed E-state index contributed by atoms with van der Waals surface area (Å²) in [6.45, 7) is 4.37. The van der Waals surface area contributed by atoms with E-state index < -0.39 is 5.60 Å². The molecule has 0 spiro atoms. The smallest absolute Gasteiger partial charge is 0.213 e. The van der Waals surface area contributed by atoms with Crippen molar-refractivity contribution in [2.24, 2.45) is 0 Å². The summed E-state index contributed by atoms with van der Waals surface area (Å²) in [4.78, 5) is 4.22. The molecule has 1 N–H and O–H groups in total. The van der Waals surface area contributed by atoms with Crippen molar-refractivity contribution in [3.05, 3.63) is 42.1 Å². The van der Waals surface area contributed by atoms with E-state index >= 15 is 0 Å². The van der Waals surface area contributed by atoms with E-state index in [0.717, 1.165) is 5.56 Å². The van der Waals surface area contributed by atoms with E-state index in [9.17, 15) is 5.11 Å². The Balaban J connectivity index is 1.64. The molecule has 1 aliphatic heterocycles. The van der Waals surface area contributed by atoms with E-state index in [-0.39, 0.29) is 6.10 Å². The van der Waals surface area contributed by atoms with Gasteiger partial charge in [0.15, 0.2) is 11.5 Å². The molecule has 0 saturated carbocycles. The number of rotatable bonds is 7. The van der Waals surface area contributed by atoms with Crippen LogP contribution in [0.5, 0.6) is 23.1 Å². The van der Waals surface area contributed by atoms with Gasteiger partial charge in [-0.25, -0.2) is 4.98 Å². The zero-order valence-electron chi connectivity index (χ0n) is 14.7. The maximum atomic E-state index is 9.68. The zero-order valence-corrected chi connectivity index (χ0v) is 14.7. The Morgan fingerprint density at radius 2 is 2.12 bits per heavy atom. The lowest BCUT2D eigenvalue weighted by Gasteiger charge is -2.16. The third kappa shape index (κ3) is 4.41. The van der Waals surface area contributed by atoms with Crippen molar-refractivity contribution in [1.82, 2.24) is 4.98 Å². The van der Waals surface area contributed by atoms with Gasteiger partial charge in [0, 0.05) is 25.2 Å². The number of para-hydroxylation sites is 1. The fraction of sp³-hybridized carbons (Fsp3) is 0.421. The second-order valence-corrected chi connectivity index (χ2v) is 6.55. The number of fused-ring (bicyclic) bond motifs is 1. The van der Waals surface area contributed by atoms with Gasteiger partial charge in [0.25, 0.3) is 0 Å². The van der Waals surface area contributed by atoms with Crippen LogP contribution in [0.3, 0.4) is 0 Å². The van der Waals surface area contributed by atoms with E-state index in [0.29, 0.717) is 42.8 Å². The molecule has 0 bridgehead atoms. The molecule has 1 aromatic carbocycles. The first kappa shape index (κ1) is 17.5. The van der Waals surface area contributed by atoms with Crippen LogP contribution in [0.25, 0.3) is 0 Å². The molecule has 1 aromatic heterocycles. The molecule has 6 nitrogen and oxygen atoms in total. The Morgan fingerprint density at radius 1 is 1.28 bits per heavy atom. The van der Waals surface area contributed by atoms with Crippen LogP contribution in [0.1, 0.15) is 31.9 Å². The van der Waals surface area contributed by atoms with Crippen molar-refractivity contribution in [2.75, 3.05) is 20.3 Å². The average Bonchev–Trinajstić information content (AvgIpc) is 2.99.